The number of amides is 1. The summed E-state index contributed by atoms with van der Waals surface area (Å²) in [5.41, 5.74) is -0.495. The lowest BCUT2D eigenvalue weighted by Gasteiger charge is -2.10. The van der Waals surface area contributed by atoms with E-state index in [0.717, 1.165) is 20.8 Å². The van der Waals surface area contributed by atoms with Crippen molar-refractivity contribution in [1.82, 2.24) is 5.32 Å². The van der Waals surface area contributed by atoms with Crippen molar-refractivity contribution in [2.45, 2.75) is 12.7 Å². The maximum absolute atomic E-state index is 12.6. The Kier molecular flexibility index (Phi) is 5.47. The molecule has 22 heavy (non-hydrogen) atoms. The summed E-state index contributed by atoms with van der Waals surface area (Å²) in [5.74, 6) is -0.290. The monoisotopic (exact) mass is 392 g/mol. The second kappa shape index (κ2) is 7.15. The number of alkyl halides is 3. The molecule has 2 rings (SSSR count). The van der Waals surface area contributed by atoms with Gasteiger partial charge in [-0.05, 0) is 46.3 Å². The zero-order valence-electron chi connectivity index (χ0n) is 11.2. The predicted octanol–water partition coefficient (Wildman–Crippen LogP) is 4.26. The molecule has 1 heterocycles. The Morgan fingerprint density at radius 3 is 2.64 bits per heavy atom. The number of carbonyl (C=O) groups is 1. The Labute approximate surface area is 137 Å². The van der Waals surface area contributed by atoms with Gasteiger partial charge in [0, 0.05) is 10.6 Å². The van der Waals surface area contributed by atoms with Gasteiger partial charge in [-0.3, -0.25) is 4.79 Å². The normalized spacial score (nSPS) is 11.3. The van der Waals surface area contributed by atoms with E-state index in [1.54, 1.807) is 0 Å². The molecule has 0 radical (unpaired) electrons. The van der Waals surface area contributed by atoms with E-state index in [9.17, 15) is 18.0 Å². The summed E-state index contributed by atoms with van der Waals surface area (Å²) in [6.45, 7) is 0.299. The van der Waals surface area contributed by atoms with E-state index in [4.69, 9.17) is 0 Å². The standard InChI is InChI=1S/C14H12BrF3N2OS/c15-12-5-4-11(22-12)7-20-13(21)8-19-10-3-1-2-9(6-10)14(16,17)18/h1-6,19H,7-8H2,(H,20,21). The molecule has 0 fully saturated rings. The first kappa shape index (κ1) is 16.8. The van der Waals surface area contributed by atoms with Crippen LogP contribution in [0.25, 0.3) is 0 Å². The van der Waals surface area contributed by atoms with Crippen molar-refractivity contribution in [3.63, 3.8) is 0 Å². The number of hydrogen-bond acceptors (Lipinski definition) is 3. The predicted molar refractivity (Wildman–Crippen MR) is 83.8 cm³/mol. The molecule has 1 aromatic carbocycles. The van der Waals surface area contributed by atoms with E-state index < -0.39 is 11.7 Å². The third-order valence-electron chi connectivity index (χ3n) is 2.73. The Bertz CT molecular complexity index is 658. The molecule has 8 heteroatoms. The average molecular weight is 393 g/mol. The number of anilines is 1. The van der Waals surface area contributed by atoms with Crippen LogP contribution in [0.1, 0.15) is 10.4 Å². The zero-order chi connectivity index (χ0) is 16.2. The second-order valence-electron chi connectivity index (χ2n) is 4.41. The molecule has 1 aromatic heterocycles. The highest BCUT2D eigenvalue weighted by Crippen LogP contribution is 2.30. The number of nitrogens with one attached hydrogen (secondary N) is 2. The van der Waals surface area contributed by atoms with Gasteiger partial charge in [0.15, 0.2) is 0 Å². The Morgan fingerprint density at radius 2 is 2.00 bits per heavy atom. The highest BCUT2D eigenvalue weighted by Gasteiger charge is 2.30. The number of hydrogen-bond donors (Lipinski definition) is 2. The minimum atomic E-state index is -4.40. The van der Waals surface area contributed by atoms with Gasteiger partial charge in [0.2, 0.25) is 5.91 Å². The van der Waals surface area contributed by atoms with Crippen LogP contribution in [0, 0.1) is 0 Å². The summed E-state index contributed by atoms with van der Waals surface area (Å²) >= 11 is 4.83. The molecule has 0 saturated heterocycles. The molecule has 0 atom stereocenters. The van der Waals surface area contributed by atoms with Crippen LogP contribution >= 0.6 is 27.3 Å². The molecule has 0 aliphatic rings. The summed E-state index contributed by atoms with van der Waals surface area (Å²) in [6, 6.07) is 8.51. The number of benzene rings is 1. The van der Waals surface area contributed by atoms with Gasteiger partial charge in [-0.15, -0.1) is 11.3 Å². The Balaban J connectivity index is 1.83. The molecule has 118 valence electrons. The van der Waals surface area contributed by atoms with Gasteiger partial charge >= 0.3 is 6.18 Å². The van der Waals surface area contributed by atoms with Gasteiger partial charge in [0.1, 0.15) is 0 Å². The fourth-order valence-corrected chi connectivity index (χ4v) is 3.11. The molecular weight excluding hydrogens is 381 g/mol. The van der Waals surface area contributed by atoms with Crippen LogP contribution < -0.4 is 10.6 Å². The van der Waals surface area contributed by atoms with Crippen LogP contribution in [0.3, 0.4) is 0 Å². The third-order valence-corrected chi connectivity index (χ3v) is 4.36. The van der Waals surface area contributed by atoms with Gasteiger partial charge in [0.05, 0.1) is 22.4 Å². The van der Waals surface area contributed by atoms with E-state index in [1.165, 1.54) is 23.5 Å². The minimum absolute atomic E-state index is 0.0894. The van der Waals surface area contributed by atoms with E-state index >= 15 is 0 Å². The molecule has 2 N–H and O–H groups in total. The van der Waals surface area contributed by atoms with Crippen molar-refractivity contribution in [2.75, 3.05) is 11.9 Å². The maximum atomic E-state index is 12.6. The summed E-state index contributed by atoms with van der Waals surface area (Å²) in [7, 11) is 0. The molecule has 2 aromatic rings. The Hall–Kier alpha value is -1.54. The van der Waals surface area contributed by atoms with Crippen LogP contribution in [0.5, 0.6) is 0 Å². The molecule has 0 spiro atoms. The van der Waals surface area contributed by atoms with Crippen molar-refractivity contribution in [3.8, 4) is 0 Å². The van der Waals surface area contributed by atoms with Gasteiger partial charge in [0.25, 0.3) is 0 Å². The SMILES string of the molecule is O=C(CNc1cccc(C(F)(F)F)c1)NCc1ccc(Br)s1. The maximum Gasteiger partial charge on any atom is 0.416 e. The highest BCUT2D eigenvalue weighted by atomic mass is 79.9. The van der Waals surface area contributed by atoms with Crippen molar-refractivity contribution >= 4 is 38.9 Å². The molecule has 0 bridgehead atoms. The highest BCUT2D eigenvalue weighted by molar-refractivity contribution is 9.11. The largest absolute Gasteiger partial charge is 0.416 e. The first-order valence-electron chi connectivity index (χ1n) is 6.26. The van der Waals surface area contributed by atoms with Crippen molar-refractivity contribution in [1.29, 1.82) is 0 Å². The lowest BCUT2D eigenvalue weighted by Crippen LogP contribution is -2.29. The third kappa shape index (κ3) is 5.03. The molecule has 0 aliphatic carbocycles. The van der Waals surface area contributed by atoms with Crippen LogP contribution in [0.15, 0.2) is 40.2 Å². The lowest BCUT2D eigenvalue weighted by molar-refractivity contribution is -0.137. The van der Waals surface area contributed by atoms with Crippen molar-refractivity contribution < 1.29 is 18.0 Å². The van der Waals surface area contributed by atoms with E-state index in [0.29, 0.717) is 6.54 Å². The van der Waals surface area contributed by atoms with Gasteiger partial charge in [-0.1, -0.05) is 6.07 Å². The summed E-state index contributed by atoms with van der Waals surface area (Å²) in [5, 5.41) is 5.37. The summed E-state index contributed by atoms with van der Waals surface area (Å²) in [6.07, 6.45) is -4.40. The number of carbonyl (C=O) groups excluding carboxylic acids is 1. The smallest absolute Gasteiger partial charge is 0.376 e. The van der Waals surface area contributed by atoms with Gasteiger partial charge in [-0.2, -0.15) is 13.2 Å². The molecule has 0 aliphatic heterocycles. The molecule has 3 nitrogen and oxygen atoms in total. The fraction of sp³-hybridized carbons (Fsp3) is 0.214. The molecular formula is C14H12BrF3N2OS. The van der Waals surface area contributed by atoms with Gasteiger partial charge in [-0.25, -0.2) is 0 Å². The van der Waals surface area contributed by atoms with Crippen LogP contribution in [0.2, 0.25) is 0 Å². The summed E-state index contributed by atoms with van der Waals surface area (Å²) in [4.78, 5) is 12.7. The van der Waals surface area contributed by atoms with Crippen molar-refractivity contribution in [2.24, 2.45) is 0 Å². The first-order chi connectivity index (χ1) is 10.3. The minimum Gasteiger partial charge on any atom is -0.376 e. The first-order valence-corrected chi connectivity index (χ1v) is 7.87. The average Bonchev–Trinajstić information content (AvgIpc) is 2.88. The molecule has 0 unspecified atom stereocenters. The number of halogens is 4. The fourth-order valence-electron chi connectivity index (χ4n) is 1.68. The van der Waals surface area contributed by atoms with Crippen LogP contribution in [-0.2, 0) is 17.5 Å². The van der Waals surface area contributed by atoms with E-state index in [-0.39, 0.29) is 18.1 Å². The number of rotatable bonds is 5. The quantitative estimate of drug-likeness (QED) is 0.797. The topological polar surface area (TPSA) is 41.1 Å². The zero-order valence-corrected chi connectivity index (χ0v) is 13.6. The second-order valence-corrected chi connectivity index (χ2v) is 6.96. The van der Waals surface area contributed by atoms with Crippen molar-refractivity contribution in [3.05, 3.63) is 50.6 Å². The van der Waals surface area contributed by atoms with E-state index in [2.05, 4.69) is 26.6 Å². The van der Waals surface area contributed by atoms with Gasteiger partial charge < -0.3 is 10.6 Å². The molecule has 0 saturated carbocycles. The van der Waals surface area contributed by atoms with Crippen LogP contribution in [-0.4, -0.2) is 12.5 Å². The van der Waals surface area contributed by atoms with E-state index in [1.807, 2.05) is 12.1 Å². The number of thiophene rings is 1. The molecule has 1 amide bonds. The van der Waals surface area contributed by atoms with Crippen LogP contribution in [0.4, 0.5) is 18.9 Å². The Morgan fingerprint density at radius 1 is 1.23 bits per heavy atom. The summed E-state index contributed by atoms with van der Waals surface area (Å²) < 4.78 is 38.7. The lowest BCUT2D eigenvalue weighted by atomic mass is 10.2.